The van der Waals surface area contributed by atoms with Crippen molar-refractivity contribution in [1.29, 1.82) is 0 Å². The highest BCUT2D eigenvalue weighted by atomic mass is 16.5. The molecule has 4 aliphatic carbocycles. The summed E-state index contributed by atoms with van der Waals surface area (Å²) in [4.78, 5) is 0. The standard InChI is InChI=1S/C29H50O2/c1-20(2)7-6-8-21(3)25-11-12-26-24-10-9-22-19-23(31-18-17-30)13-15-28(22,4)27(24)14-16-29(25,26)5/h9,20-21,23-27,30H,6-8,10-19H2,1-5H3/t21-,23-,24+,25-,26+,27-,28-,29+/m0/s1. The number of aliphatic hydroxyl groups excluding tert-OH is 1. The van der Waals surface area contributed by atoms with Gasteiger partial charge in [-0.2, -0.15) is 0 Å². The van der Waals surface area contributed by atoms with Crippen molar-refractivity contribution in [1.82, 2.24) is 0 Å². The smallest absolute Gasteiger partial charge is 0.0701 e. The molecule has 0 amide bonds. The highest BCUT2D eigenvalue weighted by Gasteiger charge is 2.59. The molecule has 8 atom stereocenters. The van der Waals surface area contributed by atoms with E-state index in [0.29, 0.717) is 23.5 Å². The lowest BCUT2D eigenvalue weighted by molar-refractivity contribution is -0.0658. The van der Waals surface area contributed by atoms with Crippen LogP contribution in [0, 0.1) is 46.3 Å². The maximum absolute atomic E-state index is 9.14. The number of rotatable bonds is 8. The Bertz CT molecular complexity index is 639. The Labute approximate surface area is 192 Å². The Morgan fingerprint density at radius 2 is 1.84 bits per heavy atom. The SMILES string of the molecule is CC(C)CCC[C@H](C)[C@@H]1CC[C@@H]2[C@H]3CC=C4C[C@@H](OCCO)CC[C@]4(C)[C@H]3CC[C@@]21C. The van der Waals surface area contributed by atoms with Crippen LogP contribution < -0.4 is 0 Å². The van der Waals surface area contributed by atoms with Gasteiger partial charge in [0.05, 0.1) is 19.3 Å². The molecule has 0 aromatic rings. The average molecular weight is 431 g/mol. The molecule has 0 aliphatic heterocycles. The van der Waals surface area contributed by atoms with Gasteiger partial charge in [0.2, 0.25) is 0 Å². The summed E-state index contributed by atoms with van der Waals surface area (Å²) in [6, 6.07) is 0. The van der Waals surface area contributed by atoms with E-state index < -0.39 is 0 Å². The number of hydrogen-bond acceptors (Lipinski definition) is 2. The summed E-state index contributed by atoms with van der Waals surface area (Å²) >= 11 is 0. The van der Waals surface area contributed by atoms with Gasteiger partial charge in [0.25, 0.3) is 0 Å². The molecule has 178 valence electrons. The van der Waals surface area contributed by atoms with E-state index in [1.165, 1.54) is 64.2 Å². The monoisotopic (exact) mass is 430 g/mol. The first-order valence-electron chi connectivity index (χ1n) is 13.7. The van der Waals surface area contributed by atoms with Crippen LogP contribution in [0.5, 0.6) is 0 Å². The summed E-state index contributed by atoms with van der Waals surface area (Å²) in [6.07, 6.45) is 18.0. The third kappa shape index (κ3) is 4.42. The van der Waals surface area contributed by atoms with Gasteiger partial charge in [0.1, 0.15) is 0 Å². The van der Waals surface area contributed by atoms with Crippen LogP contribution in [0.15, 0.2) is 11.6 Å². The highest BCUT2D eigenvalue weighted by Crippen LogP contribution is 2.67. The lowest BCUT2D eigenvalue weighted by atomic mass is 9.47. The molecule has 4 aliphatic rings. The van der Waals surface area contributed by atoms with E-state index >= 15 is 0 Å². The molecule has 0 saturated heterocycles. The molecule has 0 aromatic heterocycles. The predicted molar refractivity (Wildman–Crippen MR) is 130 cm³/mol. The molecule has 0 bridgehead atoms. The molecular formula is C29H50O2. The summed E-state index contributed by atoms with van der Waals surface area (Å²) in [5, 5.41) is 9.14. The van der Waals surface area contributed by atoms with Crippen molar-refractivity contribution in [3.8, 4) is 0 Å². The topological polar surface area (TPSA) is 29.5 Å². The molecule has 1 N–H and O–H groups in total. The van der Waals surface area contributed by atoms with Gasteiger partial charge in [0.15, 0.2) is 0 Å². The maximum atomic E-state index is 9.14. The van der Waals surface area contributed by atoms with Crippen LogP contribution in [-0.4, -0.2) is 24.4 Å². The number of hydrogen-bond donors (Lipinski definition) is 1. The van der Waals surface area contributed by atoms with Crippen LogP contribution in [0.2, 0.25) is 0 Å². The van der Waals surface area contributed by atoms with Crippen molar-refractivity contribution in [2.24, 2.45) is 46.3 Å². The van der Waals surface area contributed by atoms with Gasteiger partial charge >= 0.3 is 0 Å². The van der Waals surface area contributed by atoms with Crippen molar-refractivity contribution >= 4 is 0 Å². The quantitative estimate of drug-likeness (QED) is 0.406. The molecule has 31 heavy (non-hydrogen) atoms. The number of aliphatic hydroxyl groups is 1. The van der Waals surface area contributed by atoms with E-state index in [1.807, 2.05) is 0 Å². The molecule has 2 heteroatoms. The minimum Gasteiger partial charge on any atom is -0.394 e. The van der Waals surface area contributed by atoms with Crippen LogP contribution in [0.25, 0.3) is 0 Å². The van der Waals surface area contributed by atoms with Crippen molar-refractivity contribution in [2.75, 3.05) is 13.2 Å². The first-order chi connectivity index (χ1) is 14.8. The second-order valence-corrected chi connectivity index (χ2v) is 12.7. The third-order valence-corrected chi connectivity index (χ3v) is 10.7. The number of ether oxygens (including phenoxy) is 1. The van der Waals surface area contributed by atoms with Gasteiger partial charge in [-0.15, -0.1) is 0 Å². The minimum absolute atomic E-state index is 0.148. The van der Waals surface area contributed by atoms with Gasteiger partial charge in [-0.25, -0.2) is 0 Å². The highest BCUT2D eigenvalue weighted by molar-refractivity contribution is 5.25. The van der Waals surface area contributed by atoms with E-state index in [2.05, 4.69) is 40.7 Å². The van der Waals surface area contributed by atoms with E-state index in [-0.39, 0.29) is 6.61 Å². The van der Waals surface area contributed by atoms with E-state index in [9.17, 15) is 0 Å². The summed E-state index contributed by atoms with van der Waals surface area (Å²) in [5.41, 5.74) is 2.69. The minimum atomic E-state index is 0.148. The fourth-order valence-electron chi connectivity index (χ4n) is 9.01. The molecular weight excluding hydrogens is 380 g/mol. The Kier molecular flexibility index (Phi) is 7.29. The van der Waals surface area contributed by atoms with Crippen LogP contribution >= 0.6 is 0 Å². The summed E-state index contributed by atoms with van der Waals surface area (Å²) in [6.45, 7) is 13.3. The molecule has 0 aromatic carbocycles. The fourth-order valence-corrected chi connectivity index (χ4v) is 9.01. The van der Waals surface area contributed by atoms with Gasteiger partial charge in [-0.05, 0) is 97.7 Å². The molecule has 4 rings (SSSR count). The normalized spacial score (nSPS) is 43.2. The maximum Gasteiger partial charge on any atom is 0.0701 e. The first-order valence-corrected chi connectivity index (χ1v) is 13.7. The summed E-state index contributed by atoms with van der Waals surface area (Å²) in [7, 11) is 0. The largest absolute Gasteiger partial charge is 0.394 e. The number of allylic oxidation sites excluding steroid dienone is 1. The molecule has 2 nitrogen and oxygen atoms in total. The molecule has 0 heterocycles. The molecule has 0 unspecified atom stereocenters. The fraction of sp³-hybridized carbons (Fsp3) is 0.931. The van der Waals surface area contributed by atoms with Gasteiger partial charge in [-0.3, -0.25) is 0 Å². The second-order valence-electron chi connectivity index (χ2n) is 12.7. The predicted octanol–water partition coefficient (Wildman–Crippen LogP) is 7.41. The van der Waals surface area contributed by atoms with E-state index in [0.717, 1.165) is 41.9 Å². The Hall–Kier alpha value is -0.340. The zero-order valence-corrected chi connectivity index (χ0v) is 21.2. The van der Waals surface area contributed by atoms with E-state index in [1.54, 1.807) is 5.57 Å². The second kappa shape index (κ2) is 9.49. The lowest BCUT2D eigenvalue weighted by Crippen LogP contribution is -2.51. The van der Waals surface area contributed by atoms with Crippen LogP contribution in [-0.2, 0) is 4.74 Å². The molecule has 0 spiro atoms. The summed E-state index contributed by atoms with van der Waals surface area (Å²) < 4.78 is 5.94. The van der Waals surface area contributed by atoms with Gasteiger partial charge in [-0.1, -0.05) is 65.5 Å². The Morgan fingerprint density at radius 3 is 2.58 bits per heavy atom. The van der Waals surface area contributed by atoms with Crippen LogP contribution in [0.3, 0.4) is 0 Å². The zero-order chi connectivity index (χ0) is 22.2. The van der Waals surface area contributed by atoms with Gasteiger partial charge < -0.3 is 9.84 Å². The van der Waals surface area contributed by atoms with Crippen molar-refractivity contribution in [3.05, 3.63) is 11.6 Å². The third-order valence-electron chi connectivity index (χ3n) is 10.7. The Morgan fingerprint density at radius 1 is 1.03 bits per heavy atom. The molecule has 3 fully saturated rings. The Balaban J connectivity index is 1.45. The summed E-state index contributed by atoms with van der Waals surface area (Å²) in [5.74, 6) is 5.44. The number of fused-ring (bicyclic) bond motifs is 5. The van der Waals surface area contributed by atoms with Crippen molar-refractivity contribution in [3.63, 3.8) is 0 Å². The van der Waals surface area contributed by atoms with Gasteiger partial charge in [0, 0.05) is 0 Å². The average Bonchev–Trinajstić information content (AvgIpc) is 3.09. The van der Waals surface area contributed by atoms with Crippen LogP contribution in [0.1, 0.15) is 105 Å². The van der Waals surface area contributed by atoms with Crippen molar-refractivity contribution < 1.29 is 9.84 Å². The van der Waals surface area contributed by atoms with Crippen LogP contribution in [0.4, 0.5) is 0 Å². The zero-order valence-electron chi connectivity index (χ0n) is 21.2. The molecule has 0 radical (unpaired) electrons. The molecule has 3 saturated carbocycles. The lowest BCUT2D eigenvalue weighted by Gasteiger charge is -2.58. The first kappa shape index (κ1) is 23.8. The van der Waals surface area contributed by atoms with E-state index in [4.69, 9.17) is 9.84 Å². The van der Waals surface area contributed by atoms with Crippen molar-refractivity contribution in [2.45, 2.75) is 111 Å².